The quantitative estimate of drug-likeness (QED) is 0.227. The van der Waals surface area contributed by atoms with E-state index in [1.165, 1.54) is 19.2 Å². The van der Waals surface area contributed by atoms with E-state index in [1.54, 1.807) is 6.07 Å². The monoisotopic (exact) mass is 557 g/mol. The van der Waals surface area contributed by atoms with E-state index in [0.29, 0.717) is 0 Å². The van der Waals surface area contributed by atoms with E-state index in [4.69, 9.17) is 14.5 Å². The summed E-state index contributed by atoms with van der Waals surface area (Å²) in [5.41, 5.74) is 5.64. The predicted molar refractivity (Wildman–Crippen MR) is 162 cm³/mol. The minimum Gasteiger partial charge on any atom is -0.467 e. The number of fused-ring (bicyclic) bond motifs is 1. The number of ether oxygens (including phenoxy) is 2. The molecule has 1 atom stereocenters. The molecule has 1 fully saturated rings. The molecule has 0 N–H and O–H groups in total. The second kappa shape index (κ2) is 10.9. The number of carbonyl (C=O) groups is 1. The SMILES string of the molecule is COC(=O)C(OC(C)(C)C)c1c(C)cc2nc(-c3cccc(-c4cccc(F)c4)c3)cn2c1N1CCC(C)(C)CC1. The summed E-state index contributed by atoms with van der Waals surface area (Å²) < 4.78 is 27.7. The van der Waals surface area contributed by atoms with Crippen LogP contribution >= 0.6 is 0 Å². The Bertz CT molecular complexity index is 1570. The maximum Gasteiger partial charge on any atom is 0.339 e. The van der Waals surface area contributed by atoms with E-state index < -0.39 is 17.7 Å². The van der Waals surface area contributed by atoms with Crippen molar-refractivity contribution < 1.29 is 18.7 Å². The van der Waals surface area contributed by atoms with Gasteiger partial charge < -0.3 is 14.4 Å². The van der Waals surface area contributed by atoms with Crippen LogP contribution in [0.4, 0.5) is 10.2 Å². The Morgan fingerprint density at radius 2 is 1.63 bits per heavy atom. The highest BCUT2D eigenvalue weighted by molar-refractivity contribution is 5.81. The van der Waals surface area contributed by atoms with Gasteiger partial charge in [-0.1, -0.05) is 44.2 Å². The number of imidazole rings is 1. The van der Waals surface area contributed by atoms with Crippen LogP contribution in [0, 0.1) is 18.2 Å². The molecule has 1 unspecified atom stereocenters. The lowest BCUT2D eigenvalue weighted by molar-refractivity contribution is -0.164. The van der Waals surface area contributed by atoms with Crippen LogP contribution in [-0.4, -0.2) is 41.2 Å². The molecule has 0 amide bonds. The fourth-order valence-corrected chi connectivity index (χ4v) is 5.56. The van der Waals surface area contributed by atoms with Gasteiger partial charge in [0.1, 0.15) is 17.3 Å². The lowest BCUT2D eigenvalue weighted by atomic mass is 9.82. The van der Waals surface area contributed by atoms with Crippen molar-refractivity contribution in [2.24, 2.45) is 5.41 Å². The number of piperidine rings is 1. The molecule has 2 aromatic carbocycles. The normalized spacial score (nSPS) is 16.1. The molecule has 0 bridgehead atoms. The summed E-state index contributed by atoms with van der Waals surface area (Å²) in [5, 5.41) is 0. The van der Waals surface area contributed by atoms with Crippen molar-refractivity contribution in [2.75, 3.05) is 25.1 Å². The molecule has 4 aromatic rings. The Kier molecular flexibility index (Phi) is 7.68. The summed E-state index contributed by atoms with van der Waals surface area (Å²) >= 11 is 0. The van der Waals surface area contributed by atoms with Crippen LogP contribution in [0.25, 0.3) is 28.0 Å². The Morgan fingerprint density at radius 3 is 2.27 bits per heavy atom. The van der Waals surface area contributed by atoms with Gasteiger partial charge >= 0.3 is 5.97 Å². The van der Waals surface area contributed by atoms with Gasteiger partial charge in [0.15, 0.2) is 6.10 Å². The van der Waals surface area contributed by atoms with Crippen molar-refractivity contribution in [1.82, 2.24) is 9.38 Å². The molecule has 216 valence electrons. The highest BCUT2D eigenvalue weighted by Crippen LogP contribution is 2.40. The van der Waals surface area contributed by atoms with E-state index >= 15 is 0 Å². The first-order valence-corrected chi connectivity index (χ1v) is 14.2. The lowest BCUT2D eigenvalue weighted by Gasteiger charge is -2.40. The number of pyridine rings is 1. The highest BCUT2D eigenvalue weighted by Gasteiger charge is 2.36. The second-order valence-electron chi connectivity index (χ2n) is 12.8. The third kappa shape index (κ3) is 6.15. The van der Waals surface area contributed by atoms with Crippen molar-refractivity contribution in [3.8, 4) is 22.4 Å². The van der Waals surface area contributed by atoms with Gasteiger partial charge in [-0.25, -0.2) is 14.2 Å². The number of carbonyl (C=O) groups excluding carboxylic acids is 1. The third-order valence-electron chi connectivity index (χ3n) is 7.85. The Hall–Kier alpha value is -3.71. The molecule has 2 aromatic heterocycles. The molecular formula is C34H40FN3O3. The summed E-state index contributed by atoms with van der Waals surface area (Å²) in [4.78, 5) is 20.6. The number of aromatic nitrogens is 2. The maximum atomic E-state index is 13.9. The van der Waals surface area contributed by atoms with E-state index in [9.17, 15) is 9.18 Å². The molecule has 3 heterocycles. The van der Waals surface area contributed by atoms with Gasteiger partial charge in [0, 0.05) is 30.4 Å². The number of anilines is 1. The van der Waals surface area contributed by atoms with Gasteiger partial charge in [0.05, 0.1) is 18.4 Å². The Morgan fingerprint density at radius 1 is 1.00 bits per heavy atom. The third-order valence-corrected chi connectivity index (χ3v) is 7.85. The summed E-state index contributed by atoms with van der Waals surface area (Å²) in [6.07, 6.45) is 3.20. The first kappa shape index (κ1) is 28.8. The lowest BCUT2D eigenvalue weighted by Crippen LogP contribution is -2.40. The molecular weight excluding hydrogens is 517 g/mol. The molecule has 1 saturated heterocycles. The minimum absolute atomic E-state index is 0.251. The number of benzene rings is 2. The zero-order valence-corrected chi connectivity index (χ0v) is 25.1. The van der Waals surface area contributed by atoms with Crippen molar-refractivity contribution >= 4 is 17.4 Å². The number of nitrogens with zero attached hydrogens (tertiary/aromatic N) is 3. The Balaban J connectivity index is 1.69. The van der Waals surface area contributed by atoms with E-state index in [0.717, 1.165) is 70.9 Å². The smallest absolute Gasteiger partial charge is 0.339 e. The van der Waals surface area contributed by atoms with Crippen LogP contribution < -0.4 is 4.90 Å². The molecule has 7 heteroatoms. The van der Waals surface area contributed by atoms with E-state index in [1.807, 2.05) is 70.3 Å². The molecule has 1 aliphatic heterocycles. The number of aryl methyl sites for hydroxylation is 1. The minimum atomic E-state index is -0.892. The number of rotatable bonds is 6. The van der Waals surface area contributed by atoms with Gasteiger partial charge in [-0.15, -0.1) is 0 Å². The molecule has 0 saturated carbocycles. The number of hydrogen-bond acceptors (Lipinski definition) is 5. The molecule has 0 radical (unpaired) electrons. The molecule has 1 aliphatic rings. The number of methoxy groups -OCH3 is 1. The van der Waals surface area contributed by atoms with Crippen molar-refractivity contribution in [1.29, 1.82) is 0 Å². The fourth-order valence-electron chi connectivity index (χ4n) is 5.56. The van der Waals surface area contributed by atoms with Crippen LogP contribution in [0.2, 0.25) is 0 Å². The second-order valence-corrected chi connectivity index (χ2v) is 12.8. The number of halogens is 1. The average Bonchev–Trinajstić information content (AvgIpc) is 3.34. The zero-order valence-electron chi connectivity index (χ0n) is 25.1. The molecule has 6 nitrogen and oxygen atoms in total. The van der Waals surface area contributed by atoms with Gasteiger partial charge in [-0.3, -0.25) is 4.40 Å². The van der Waals surface area contributed by atoms with Crippen molar-refractivity contribution in [3.63, 3.8) is 0 Å². The Labute approximate surface area is 242 Å². The van der Waals surface area contributed by atoms with Crippen LogP contribution in [0.15, 0.2) is 60.8 Å². The topological polar surface area (TPSA) is 56.1 Å². The van der Waals surface area contributed by atoms with Gasteiger partial charge in [0.25, 0.3) is 0 Å². The summed E-state index contributed by atoms with van der Waals surface area (Å²) in [6, 6.07) is 16.6. The van der Waals surface area contributed by atoms with Crippen LogP contribution in [0.3, 0.4) is 0 Å². The summed E-state index contributed by atoms with van der Waals surface area (Å²) in [6.45, 7) is 14.2. The molecule has 0 aliphatic carbocycles. The predicted octanol–water partition coefficient (Wildman–Crippen LogP) is 7.77. The number of esters is 1. The van der Waals surface area contributed by atoms with Crippen LogP contribution in [0.5, 0.6) is 0 Å². The summed E-state index contributed by atoms with van der Waals surface area (Å²) in [5.74, 6) is 0.218. The number of hydrogen-bond donors (Lipinski definition) is 0. The average molecular weight is 558 g/mol. The fraction of sp³-hybridized carbons (Fsp3) is 0.412. The van der Waals surface area contributed by atoms with E-state index in [-0.39, 0.29) is 11.2 Å². The molecule has 0 spiro atoms. The van der Waals surface area contributed by atoms with Crippen molar-refractivity contribution in [2.45, 2.75) is 66.1 Å². The first-order chi connectivity index (χ1) is 19.3. The maximum absolute atomic E-state index is 13.9. The van der Waals surface area contributed by atoms with Crippen LogP contribution in [0.1, 0.15) is 64.7 Å². The molecule has 5 rings (SSSR count). The standard InChI is InChI=1S/C34H40FN3O3/c1-22-18-28-36-27(25-12-8-10-23(19-25)24-11-9-13-26(35)20-24)21-38(28)31(37-16-14-34(5,6)15-17-37)29(22)30(32(39)40-7)41-33(2,3)4/h8-13,18-21,30H,14-17H2,1-7H3. The first-order valence-electron chi connectivity index (χ1n) is 14.2. The van der Waals surface area contributed by atoms with Crippen molar-refractivity contribution in [3.05, 3.63) is 77.7 Å². The van der Waals surface area contributed by atoms with Gasteiger partial charge in [0.2, 0.25) is 0 Å². The highest BCUT2D eigenvalue weighted by atomic mass is 19.1. The van der Waals surface area contributed by atoms with Crippen LogP contribution in [-0.2, 0) is 14.3 Å². The zero-order chi connectivity index (χ0) is 29.5. The van der Waals surface area contributed by atoms with Gasteiger partial charge in [-0.05, 0) is 86.9 Å². The van der Waals surface area contributed by atoms with Gasteiger partial charge in [-0.2, -0.15) is 0 Å². The summed E-state index contributed by atoms with van der Waals surface area (Å²) in [7, 11) is 1.40. The largest absolute Gasteiger partial charge is 0.467 e. The van der Waals surface area contributed by atoms with E-state index in [2.05, 4.69) is 23.1 Å². The molecule has 41 heavy (non-hydrogen) atoms.